The van der Waals surface area contributed by atoms with E-state index in [2.05, 4.69) is 15.3 Å². The molecule has 0 saturated heterocycles. The third kappa shape index (κ3) is 3.98. The van der Waals surface area contributed by atoms with E-state index >= 15 is 0 Å². The van der Waals surface area contributed by atoms with Crippen LogP contribution in [0, 0.1) is 5.82 Å². The first kappa shape index (κ1) is 16.6. The molecule has 0 aliphatic carbocycles. The minimum Gasteiger partial charge on any atom is -0.348 e. The van der Waals surface area contributed by atoms with Crippen LogP contribution >= 0.6 is 0 Å². The summed E-state index contributed by atoms with van der Waals surface area (Å²) in [5, 5.41) is 2.66. The van der Waals surface area contributed by atoms with E-state index in [1.807, 2.05) is 42.3 Å². The van der Waals surface area contributed by atoms with Crippen LogP contribution in [0.4, 0.5) is 16.0 Å². The van der Waals surface area contributed by atoms with E-state index < -0.39 is 0 Å². The van der Waals surface area contributed by atoms with Gasteiger partial charge in [0.2, 0.25) is 5.95 Å². The van der Waals surface area contributed by atoms with Crippen molar-refractivity contribution in [2.24, 2.45) is 0 Å². The topological polar surface area (TPSA) is 58.1 Å². The molecule has 126 valence electrons. The molecule has 3 aromatic rings. The lowest BCUT2D eigenvalue weighted by Crippen LogP contribution is -2.24. The molecule has 6 heteroatoms. The Morgan fingerprint density at radius 1 is 1.04 bits per heavy atom. The number of carbonyl (C=O) groups excluding carboxylic acids is 1. The molecule has 2 aromatic carbocycles. The van der Waals surface area contributed by atoms with Crippen LogP contribution in [0.3, 0.4) is 0 Å². The van der Waals surface area contributed by atoms with Crippen LogP contribution < -0.4 is 10.2 Å². The van der Waals surface area contributed by atoms with Gasteiger partial charge in [0.05, 0.1) is 5.56 Å². The van der Waals surface area contributed by atoms with Gasteiger partial charge in [-0.15, -0.1) is 0 Å². The Kier molecular flexibility index (Phi) is 4.99. The molecule has 1 heterocycles. The molecule has 0 fully saturated rings. The van der Waals surface area contributed by atoms with Gasteiger partial charge in [0.25, 0.3) is 5.91 Å². The lowest BCUT2D eigenvalue weighted by atomic mass is 10.2. The quantitative estimate of drug-likeness (QED) is 0.776. The average molecular weight is 336 g/mol. The molecule has 0 aliphatic rings. The van der Waals surface area contributed by atoms with Gasteiger partial charge < -0.3 is 10.2 Å². The predicted molar refractivity (Wildman–Crippen MR) is 94.1 cm³/mol. The number of nitrogens with one attached hydrogen (secondary N) is 1. The maximum Gasteiger partial charge on any atom is 0.254 e. The fourth-order valence-electron chi connectivity index (χ4n) is 2.30. The summed E-state index contributed by atoms with van der Waals surface area (Å²) in [6, 6.07) is 16.0. The number of nitrogens with zero attached hydrogens (tertiary/aromatic N) is 3. The Morgan fingerprint density at radius 2 is 1.68 bits per heavy atom. The summed E-state index contributed by atoms with van der Waals surface area (Å²) in [6.45, 7) is 0.108. The van der Waals surface area contributed by atoms with Gasteiger partial charge in [0.1, 0.15) is 5.82 Å². The standard InChI is InChI=1S/C19H17FN4O/c1-24(16-8-3-2-4-9-16)19-22-12-15(13-23-19)18(25)21-11-14-7-5-6-10-17(14)20/h2-10,12-13H,11H2,1H3,(H,21,25). The van der Waals surface area contributed by atoms with Crippen LogP contribution in [-0.2, 0) is 6.54 Å². The van der Waals surface area contributed by atoms with Crippen LogP contribution in [0.1, 0.15) is 15.9 Å². The zero-order chi connectivity index (χ0) is 17.6. The highest BCUT2D eigenvalue weighted by Crippen LogP contribution is 2.18. The molecular formula is C19H17FN4O. The molecular weight excluding hydrogens is 319 g/mol. The molecule has 0 radical (unpaired) electrons. The summed E-state index contributed by atoms with van der Waals surface area (Å²) in [5.74, 6) is -0.215. The number of hydrogen-bond acceptors (Lipinski definition) is 4. The predicted octanol–water partition coefficient (Wildman–Crippen LogP) is 3.31. The van der Waals surface area contributed by atoms with Crippen molar-refractivity contribution in [1.29, 1.82) is 0 Å². The Labute approximate surface area is 145 Å². The van der Waals surface area contributed by atoms with E-state index in [1.54, 1.807) is 18.2 Å². The van der Waals surface area contributed by atoms with Crippen LogP contribution in [-0.4, -0.2) is 22.9 Å². The van der Waals surface area contributed by atoms with Gasteiger partial charge in [0.15, 0.2) is 0 Å². The van der Waals surface area contributed by atoms with Gasteiger partial charge in [-0.3, -0.25) is 4.79 Å². The molecule has 1 aromatic heterocycles. The smallest absolute Gasteiger partial charge is 0.254 e. The molecule has 1 amide bonds. The fraction of sp³-hybridized carbons (Fsp3) is 0.105. The Hall–Kier alpha value is -3.28. The first-order chi connectivity index (χ1) is 12.1. The maximum atomic E-state index is 13.6. The lowest BCUT2D eigenvalue weighted by Gasteiger charge is -2.16. The number of halogens is 1. The summed E-state index contributed by atoms with van der Waals surface area (Å²) in [7, 11) is 1.85. The fourth-order valence-corrected chi connectivity index (χ4v) is 2.30. The second kappa shape index (κ2) is 7.53. The summed E-state index contributed by atoms with van der Waals surface area (Å²) >= 11 is 0. The van der Waals surface area contributed by atoms with Crippen LogP contribution in [0.2, 0.25) is 0 Å². The van der Waals surface area contributed by atoms with Crippen molar-refractivity contribution in [3.8, 4) is 0 Å². The first-order valence-electron chi connectivity index (χ1n) is 7.77. The van der Waals surface area contributed by atoms with E-state index in [0.717, 1.165) is 5.69 Å². The summed E-state index contributed by atoms with van der Waals surface area (Å²) in [4.78, 5) is 22.4. The Balaban J connectivity index is 1.65. The Morgan fingerprint density at radius 3 is 2.36 bits per heavy atom. The third-order valence-electron chi connectivity index (χ3n) is 3.74. The van der Waals surface area contributed by atoms with E-state index in [1.165, 1.54) is 18.5 Å². The number of carbonyl (C=O) groups is 1. The normalized spacial score (nSPS) is 10.3. The van der Waals surface area contributed by atoms with Crippen molar-refractivity contribution in [2.45, 2.75) is 6.54 Å². The molecule has 0 saturated carbocycles. The number of benzene rings is 2. The van der Waals surface area contributed by atoms with Crippen LogP contribution in [0.25, 0.3) is 0 Å². The highest BCUT2D eigenvalue weighted by atomic mass is 19.1. The van der Waals surface area contributed by atoms with E-state index in [0.29, 0.717) is 17.1 Å². The van der Waals surface area contributed by atoms with Crippen LogP contribution in [0.15, 0.2) is 67.0 Å². The minimum absolute atomic E-state index is 0.108. The van der Waals surface area contributed by atoms with Gasteiger partial charge in [0, 0.05) is 37.2 Å². The zero-order valence-electron chi connectivity index (χ0n) is 13.7. The van der Waals surface area contributed by atoms with Crippen molar-refractivity contribution in [1.82, 2.24) is 15.3 Å². The van der Waals surface area contributed by atoms with Gasteiger partial charge in [-0.2, -0.15) is 0 Å². The van der Waals surface area contributed by atoms with Crippen molar-refractivity contribution in [3.05, 3.63) is 83.9 Å². The van der Waals surface area contributed by atoms with Crippen molar-refractivity contribution < 1.29 is 9.18 Å². The molecule has 0 spiro atoms. The monoisotopic (exact) mass is 336 g/mol. The van der Waals surface area contributed by atoms with Crippen molar-refractivity contribution in [2.75, 3.05) is 11.9 Å². The Bertz CT molecular complexity index is 853. The van der Waals surface area contributed by atoms with Gasteiger partial charge in [-0.25, -0.2) is 14.4 Å². The highest BCUT2D eigenvalue weighted by Gasteiger charge is 2.11. The molecule has 0 unspecified atom stereocenters. The van der Waals surface area contributed by atoms with Gasteiger partial charge in [-0.1, -0.05) is 36.4 Å². The molecule has 0 aliphatic heterocycles. The maximum absolute atomic E-state index is 13.6. The number of para-hydroxylation sites is 1. The first-order valence-corrected chi connectivity index (χ1v) is 7.77. The van der Waals surface area contributed by atoms with E-state index in [-0.39, 0.29) is 18.3 Å². The SMILES string of the molecule is CN(c1ccccc1)c1ncc(C(=O)NCc2ccccc2F)cn1. The molecule has 1 N–H and O–H groups in total. The highest BCUT2D eigenvalue weighted by molar-refractivity contribution is 5.93. The lowest BCUT2D eigenvalue weighted by molar-refractivity contribution is 0.0950. The third-order valence-corrected chi connectivity index (χ3v) is 3.74. The van der Waals surface area contributed by atoms with Gasteiger partial charge in [-0.05, 0) is 18.2 Å². The molecule has 0 atom stereocenters. The zero-order valence-corrected chi connectivity index (χ0v) is 13.7. The second-order valence-corrected chi connectivity index (χ2v) is 5.44. The molecule has 5 nitrogen and oxygen atoms in total. The molecule has 3 rings (SSSR count). The molecule has 25 heavy (non-hydrogen) atoms. The number of rotatable bonds is 5. The second-order valence-electron chi connectivity index (χ2n) is 5.44. The average Bonchev–Trinajstić information content (AvgIpc) is 2.67. The van der Waals surface area contributed by atoms with E-state index in [4.69, 9.17) is 0 Å². The van der Waals surface area contributed by atoms with Gasteiger partial charge >= 0.3 is 0 Å². The van der Waals surface area contributed by atoms with Crippen LogP contribution in [0.5, 0.6) is 0 Å². The number of hydrogen-bond donors (Lipinski definition) is 1. The number of aromatic nitrogens is 2. The molecule has 0 bridgehead atoms. The summed E-state index contributed by atoms with van der Waals surface area (Å²) in [6.07, 6.45) is 2.91. The number of anilines is 2. The largest absolute Gasteiger partial charge is 0.348 e. The minimum atomic E-state index is -0.350. The van der Waals surface area contributed by atoms with Crippen molar-refractivity contribution >= 4 is 17.5 Å². The van der Waals surface area contributed by atoms with Crippen molar-refractivity contribution in [3.63, 3.8) is 0 Å². The number of amides is 1. The summed E-state index contributed by atoms with van der Waals surface area (Å²) in [5.41, 5.74) is 1.69. The summed E-state index contributed by atoms with van der Waals surface area (Å²) < 4.78 is 13.6. The van der Waals surface area contributed by atoms with E-state index in [9.17, 15) is 9.18 Å².